The molecular formula is C16H16Cl2N4OS. The molecule has 1 atom stereocenters. The molecule has 24 heavy (non-hydrogen) atoms. The highest BCUT2D eigenvalue weighted by molar-refractivity contribution is 7.71. The Labute approximate surface area is 154 Å². The highest BCUT2D eigenvalue weighted by Crippen LogP contribution is 2.32. The fourth-order valence-corrected chi connectivity index (χ4v) is 3.11. The van der Waals surface area contributed by atoms with Crippen molar-refractivity contribution in [3.63, 3.8) is 0 Å². The van der Waals surface area contributed by atoms with E-state index >= 15 is 0 Å². The molecule has 3 rings (SSSR count). The van der Waals surface area contributed by atoms with E-state index in [2.05, 4.69) is 27.5 Å². The summed E-state index contributed by atoms with van der Waals surface area (Å²) in [5, 5.41) is 12.2. The molecule has 1 heterocycles. The Morgan fingerprint density at radius 2 is 2.17 bits per heavy atom. The summed E-state index contributed by atoms with van der Waals surface area (Å²) in [7, 11) is 0. The van der Waals surface area contributed by atoms with Gasteiger partial charge in [-0.2, -0.15) is 14.9 Å². The van der Waals surface area contributed by atoms with Crippen LogP contribution in [0, 0.1) is 10.7 Å². The molecule has 0 bridgehead atoms. The van der Waals surface area contributed by atoms with Gasteiger partial charge in [-0.05, 0) is 49.5 Å². The van der Waals surface area contributed by atoms with E-state index in [-0.39, 0.29) is 6.61 Å². The molecule has 0 saturated carbocycles. The van der Waals surface area contributed by atoms with Crippen LogP contribution in [0.5, 0.6) is 5.75 Å². The van der Waals surface area contributed by atoms with Crippen molar-refractivity contribution in [2.75, 3.05) is 0 Å². The topological polar surface area (TPSA) is 55.2 Å². The van der Waals surface area contributed by atoms with Gasteiger partial charge in [0, 0.05) is 6.21 Å². The number of nitrogens with one attached hydrogen (secondary N) is 1. The molecule has 1 aromatic heterocycles. The summed E-state index contributed by atoms with van der Waals surface area (Å²) in [6.07, 6.45) is 9.45. The van der Waals surface area contributed by atoms with Crippen molar-refractivity contribution in [3.8, 4) is 5.75 Å². The van der Waals surface area contributed by atoms with Crippen LogP contribution < -0.4 is 4.74 Å². The average Bonchev–Trinajstić information content (AvgIpc) is 2.93. The number of aromatic amines is 1. The van der Waals surface area contributed by atoms with Gasteiger partial charge in [0.15, 0.2) is 11.6 Å². The van der Waals surface area contributed by atoms with Crippen molar-refractivity contribution in [2.24, 2.45) is 11.0 Å². The molecule has 0 spiro atoms. The van der Waals surface area contributed by atoms with Gasteiger partial charge < -0.3 is 4.74 Å². The van der Waals surface area contributed by atoms with E-state index in [1.165, 1.54) is 0 Å². The highest BCUT2D eigenvalue weighted by atomic mass is 35.5. The Balaban J connectivity index is 1.74. The van der Waals surface area contributed by atoms with Crippen LogP contribution in [0.2, 0.25) is 10.0 Å². The maximum atomic E-state index is 6.10. The molecule has 0 radical (unpaired) electrons. The van der Waals surface area contributed by atoms with Gasteiger partial charge >= 0.3 is 0 Å². The van der Waals surface area contributed by atoms with Crippen molar-refractivity contribution in [2.45, 2.75) is 25.9 Å². The average molecular weight is 383 g/mol. The Bertz CT molecular complexity index is 807. The lowest BCUT2D eigenvalue weighted by atomic mass is 9.96. The maximum Gasteiger partial charge on any atom is 0.216 e. The lowest BCUT2D eigenvalue weighted by Gasteiger charge is -2.12. The van der Waals surface area contributed by atoms with E-state index in [0.717, 1.165) is 19.3 Å². The van der Waals surface area contributed by atoms with Crippen molar-refractivity contribution in [1.29, 1.82) is 0 Å². The summed E-state index contributed by atoms with van der Waals surface area (Å²) in [6, 6.07) is 5.19. The third-order valence-electron chi connectivity index (χ3n) is 3.68. The minimum Gasteiger partial charge on any atom is -0.482 e. The number of allylic oxidation sites excluding steroid dienone is 2. The predicted molar refractivity (Wildman–Crippen MR) is 98.6 cm³/mol. The van der Waals surface area contributed by atoms with E-state index in [0.29, 0.717) is 32.3 Å². The van der Waals surface area contributed by atoms with Gasteiger partial charge in [-0.1, -0.05) is 41.4 Å². The molecular weight excluding hydrogens is 367 g/mol. The largest absolute Gasteiger partial charge is 0.482 e. The van der Waals surface area contributed by atoms with Gasteiger partial charge in [-0.3, -0.25) is 0 Å². The normalized spacial score (nSPS) is 17.5. The van der Waals surface area contributed by atoms with Gasteiger partial charge in [-0.25, -0.2) is 5.10 Å². The first-order valence-electron chi connectivity index (χ1n) is 7.57. The maximum absolute atomic E-state index is 6.10. The minimum absolute atomic E-state index is 0.151. The van der Waals surface area contributed by atoms with Crippen LogP contribution >= 0.6 is 35.4 Å². The van der Waals surface area contributed by atoms with E-state index in [4.69, 9.17) is 40.2 Å². The zero-order valence-electron chi connectivity index (χ0n) is 12.8. The summed E-state index contributed by atoms with van der Waals surface area (Å²) in [5.74, 6) is 1.39. The molecule has 126 valence electrons. The van der Waals surface area contributed by atoms with Crippen LogP contribution in [0.15, 0.2) is 35.5 Å². The Hall–Kier alpha value is -1.63. The Morgan fingerprint density at radius 1 is 1.38 bits per heavy atom. The molecule has 0 amide bonds. The summed E-state index contributed by atoms with van der Waals surface area (Å²) in [6.45, 7) is 0.151. The number of halogens is 2. The zero-order chi connectivity index (χ0) is 16.9. The second-order valence-corrected chi connectivity index (χ2v) is 6.61. The van der Waals surface area contributed by atoms with Crippen LogP contribution in [-0.4, -0.2) is 21.1 Å². The standard InChI is InChI=1S/C16H16Cl2N4OS/c17-12-7-4-8-13(18)15(12)23-10-14-20-21-16(24)22(14)19-9-11-5-2-1-3-6-11/h1-2,4,7-9,11H,3,5-6,10H2,(H,21,24)/b19-9-/t11-/m1/s1. The van der Waals surface area contributed by atoms with Crippen molar-refractivity contribution >= 4 is 41.6 Å². The summed E-state index contributed by atoms with van der Waals surface area (Å²) < 4.78 is 7.69. The number of benzene rings is 1. The van der Waals surface area contributed by atoms with Crippen molar-refractivity contribution in [3.05, 3.63) is 51.0 Å². The van der Waals surface area contributed by atoms with E-state index < -0.39 is 0 Å². The van der Waals surface area contributed by atoms with Gasteiger partial charge in [0.05, 0.1) is 10.0 Å². The van der Waals surface area contributed by atoms with Crippen LogP contribution in [0.3, 0.4) is 0 Å². The molecule has 1 N–H and O–H groups in total. The SMILES string of the molecule is S=c1[nH]nc(COc2c(Cl)cccc2Cl)n1/N=C\[C@@H]1CC=CCC1. The molecule has 0 aliphatic heterocycles. The van der Waals surface area contributed by atoms with Crippen molar-refractivity contribution < 1.29 is 4.74 Å². The van der Waals surface area contributed by atoms with E-state index in [1.54, 1.807) is 22.9 Å². The third kappa shape index (κ3) is 4.06. The summed E-state index contributed by atoms with van der Waals surface area (Å²) in [4.78, 5) is 0. The first kappa shape index (κ1) is 17.2. The number of hydrogen-bond donors (Lipinski definition) is 1. The monoisotopic (exact) mass is 382 g/mol. The number of H-pyrrole nitrogens is 1. The molecule has 5 nitrogen and oxygen atoms in total. The van der Waals surface area contributed by atoms with Gasteiger partial charge in [0.1, 0.15) is 6.61 Å². The van der Waals surface area contributed by atoms with Crippen LogP contribution in [-0.2, 0) is 6.61 Å². The van der Waals surface area contributed by atoms with Crippen molar-refractivity contribution in [1.82, 2.24) is 14.9 Å². The van der Waals surface area contributed by atoms with Gasteiger partial charge in [0.25, 0.3) is 0 Å². The van der Waals surface area contributed by atoms with Gasteiger partial charge in [-0.15, -0.1) is 0 Å². The summed E-state index contributed by atoms with van der Waals surface area (Å²) >= 11 is 17.4. The number of aromatic nitrogens is 3. The van der Waals surface area contributed by atoms with Gasteiger partial charge in [0.2, 0.25) is 4.77 Å². The smallest absolute Gasteiger partial charge is 0.216 e. The van der Waals surface area contributed by atoms with Crippen LogP contribution in [0.1, 0.15) is 25.1 Å². The van der Waals surface area contributed by atoms with Crippen LogP contribution in [0.25, 0.3) is 0 Å². The molecule has 8 heteroatoms. The molecule has 0 saturated heterocycles. The number of rotatable bonds is 5. The van der Waals surface area contributed by atoms with E-state index in [1.807, 2.05) is 6.21 Å². The highest BCUT2D eigenvalue weighted by Gasteiger charge is 2.12. The quantitative estimate of drug-likeness (QED) is 0.448. The first-order chi connectivity index (χ1) is 11.6. The molecule has 0 fully saturated rings. The molecule has 0 unspecified atom stereocenters. The number of para-hydroxylation sites is 1. The lowest BCUT2D eigenvalue weighted by Crippen LogP contribution is -2.08. The molecule has 1 aliphatic carbocycles. The Kier molecular flexibility index (Phi) is 5.71. The number of nitrogens with zero attached hydrogens (tertiary/aromatic N) is 3. The predicted octanol–water partition coefficient (Wildman–Crippen LogP) is 5.02. The zero-order valence-corrected chi connectivity index (χ0v) is 15.1. The second kappa shape index (κ2) is 7.96. The number of ether oxygens (including phenoxy) is 1. The number of hydrogen-bond acceptors (Lipinski definition) is 4. The van der Waals surface area contributed by atoms with Crippen LogP contribution in [0.4, 0.5) is 0 Å². The Morgan fingerprint density at radius 3 is 2.88 bits per heavy atom. The summed E-state index contributed by atoms with van der Waals surface area (Å²) in [5.41, 5.74) is 0. The molecule has 1 aliphatic rings. The third-order valence-corrected chi connectivity index (χ3v) is 4.54. The fraction of sp³-hybridized carbons (Fsp3) is 0.312. The molecule has 1 aromatic carbocycles. The first-order valence-corrected chi connectivity index (χ1v) is 8.74. The second-order valence-electron chi connectivity index (χ2n) is 5.41. The fourth-order valence-electron chi connectivity index (χ4n) is 2.41. The minimum atomic E-state index is 0.151. The molecule has 2 aromatic rings. The lowest BCUT2D eigenvalue weighted by molar-refractivity contribution is 0.291. The van der Waals surface area contributed by atoms with E-state index in [9.17, 15) is 0 Å².